The van der Waals surface area contributed by atoms with Crippen LogP contribution in [0.1, 0.15) is 12.0 Å². The molecule has 0 aromatic heterocycles. The van der Waals surface area contributed by atoms with Gasteiger partial charge in [0, 0.05) is 12.5 Å². The minimum absolute atomic E-state index is 0.0762. The van der Waals surface area contributed by atoms with E-state index in [0.29, 0.717) is 25.2 Å². The number of benzene rings is 1. The van der Waals surface area contributed by atoms with E-state index < -0.39 is 9.84 Å². The minimum atomic E-state index is -3.38. The van der Waals surface area contributed by atoms with E-state index in [4.69, 9.17) is 4.74 Å². The number of rotatable bonds is 5. The zero-order valence-electron chi connectivity index (χ0n) is 10.0. The SMILES string of the molecule is O=C(CS(=O)(=O)Cc1ccccc1)C1CCOC1. The highest BCUT2D eigenvalue weighted by Crippen LogP contribution is 2.15. The van der Waals surface area contributed by atoms with Crippen molar-refractivity contribution in [2.75, 3.05) is 19.0 Å². The summed E-state index contributed by atoms with van der Waals surface area (Å²) < 4.78 is 28.9. The third-order valence-corrected chi connectivity index (χ3v) is 4.47. The third kappa shape index (κ3) is 3.65. The first-order valence-corrected chi connectivity index (χ1v) is 7.74. The Morgan fingerprint density at radius 2 is 2.00 bits per heavy atom. The summed E-state index contributed by atoms with van der Waals surface area (Å²) in [5.74, 6) is -0.915. The van der Waals surface area contributed by atoms with Gasteiger partial charge in [-0.2, -0.15) is 0 Å². The average Bonchev–Trinajstić information content (AvgIpc) is 2.82. The first kappa shape index (κ1) is 13.2. The second-order valence-electron chi connectivity index (χ2n) is 4.54. The van der Waals surface area contributed by atoms with Crippen LogP contribution in [-0.2, 0) is 25.1 Å². The van der Waals surface area contributed by atoms with E-state index in [2.05, 4.69) is 0 Å². The zero-order valence-corrected chi connectivity index (χ0v) is 10.9. The van der Waals surface area contributed by atoms with E-state index in [1.807, 2.05) is 6.07 Å². The van der Waals surface area contributed by atoms with Crippen molar-refractivity contribution in [1.29, 1.82) is 0 Å². The molecule has 0 radical (unpaired) electrons. The maximum atomic E-state index is 11.9. The fraction of sp³-hybridized carbons (Fsp3) is 0.462. The largest absolute Gasteiger partial charge is 0.381 e. The van der Waals surface area contributed by atoms with Crippen molar-refractivity contribution >= 4 is 15.6 Å². The molecule has 1 aromatic carbocycles. The molecule has 0 N–H and O–H groups in total. The number of hydrogen-bond acceptors (Lipinski definition) is 4. The van der Waals surface area contributed by atoms with Crippen LogP contribution in [0.25, 0.3) is 0 Å². The average molecular weight is 268 g/mol. The molecule has 0 saturated carbocycles. The molecule has 4 nitrogen and oxygen atoms in total. The lowest BCUT2D eigenvalue weighted by atomic mass is 10.1. The molecule has 1 fully saturated rings. The summed E-state index contributed by atoms with van der Waals surface area (Å²) >= 11 is 0. The van der Waals surface area contributed by atoms with E-state index in [9.17, 15) is 13.2 Å². The Kier molecular flexibility index (Phi) is 4.14. The van der Waals surface area contributed by atoms with Gasteiger partial charge in [0.15, 0.2) is 15.6 Å². The maximum absolute atomic E-state index is 11.9. The molecular weight excluding hydrogens is 252 g/mol. The van der Waals surface area contributed by atoms with Crippen molar-refractivity contribution in [3.05, 3.63) is 35.9 Å². The van der Waals surface area contributed by atoms with E-state index in [1.54, 1.807) is 24.3 Å². The van der Waals surface area contributed by atoms with Crippen LogP contribution in [0.5, 0.6) is 0 Å². The molecule has 0 aliphatic carbocycles. The number of carbonyl (C=O) groups is 1. The van der Waals surface area contributed by atoms with Gasteiger partial charge in [-0.25, -0.2) is 8.42 Å². The fourth-order valence-corrected chi connectivity index (χ4v) is 3.47. The maximum Gasteiger partial charge on any atom is 0.161 e. The minimum Gasteiger partial charge on any atom is -0.381 e. The highest BCUT2D eigenvalue weighted by Gasteiger charge is 2.27. The van der Waals surface area contributed by atoms with Crippen LogP contribution in [0.15, 0.2) is 30.3 Å². The molecule has 5 heteroatoms. The summed E-state index contributed by atoms with van der Waals surface area (Å²) in [6.07, 6.45) is 0.639. The molecule has 0 spiro atoms. The van der Waals surface area contributed by atoms with Crippen LogP contribution in [0.2, 0.25) is 0 Å². The molecule has 1 heterocycles. The third-order valence-electron chi connectivity index (χ3n) is 2.98. The summed E-state index contributed by atoms with van der Waals surface area (Å²) in [7, 11) is -3.38. The van der Waals surface area contributed by atoms with Crippen LogP contribution in [0.4, 0.5) is 0 Å². The normalized spacial score (nSPS) is 19.9. The molecule has 2 rings (SSSR count). The van der Waals surface area contributed by atoms with Gasteiger partial charge in [0.2, 0.25) is 0 Å². The van der Waals surface area contributed by atoms with Crippen LogP contribution in [0, 0.1) is 5.92 Å². The Bertz CT molecular complexity index is 501. The van der Waals surface area contributed by atoms with Gasteiger partial charge in [0.05, 0.1) is 12.4 Å². The second kappa shape index (κ2) is 5.63. The van der Waals surface area contributed by atoms with Crippen LogP contribution < -0.4 is 0 Å². The lowest BCUT2D eigenvalue weighted by molar-refractivity contribution is -0.120. The highest BCUT2D eigenvalue weighted by molar-refractivity contribution is 7.91. The Morgan fingerprint density at radius 3 is 2.61 bits per heavy atom. The molecule has 0 amide bonds. The number of sulfone groups is 1. The van der Waals surface area contributed by atoms with Gasteiger partial charge >= 0.3 is 0 Å². The summed E-state index contributed by atoms with van der Waals surface area (Å²) in [6.45, 7) is 0.912. The van der Waals surface area contributed by atoms with Crippen molar-refractivity contribution in [2.24, 2.45) is 5.92 Å². The second-order valence-corrected chi connectivity index (χ2v) is 6.61. The van der Waals surface area contributed by atoms with Gasteiger partial charge in [-0.1, -0.05) is 30.3 Å². The van der Waals surface area contributed by atoms with Gasteiger partial charge < -0.3 is 4.74 Å². The smallest absolute Gasteiger partial charge is 0.161 e. The monoisotopic (exact) mass is 268 g/mol. The summed E-state index contributed by atoms with van der Waals surface area (Å²) in [5, 5.41) is 0. The molecule has 1 saturated heterocycles. The molecular formula is C13H16O4S. The molecule has 0 bridgehead atoms. The van der Waals surface area contributed by atoms with Crippen LogP contribution in [-0.4, -0.2) is 33.2 Å². The first-order valence-electron chi connectivity index (χ1n) is 5.92. The predicted octanol–water partition coefficient (Wildman–Crippen LogP) is 1.21. The van der Waals surface area contributed by atoms with Crippen LogP contribution in [0.3, 0.4) is 0 Å². The number of Topliss-reactive ketones (excluding diaryl/α,β-unsaturated/α-hetero) is 1. The molecule has 98 valence electrons. The Balaban J connectivity index is 1.97. The van der Waals surface area contributed by atoms with Gasteiger partial charge in [0.25, 0.3) is 0 Å². The lowest BCUT2D eigenvalue weighted by Crippen LogP contribution is -2.24. The predicted molar refractivity (Wildman–Crippen MR) is 67.9 cm³/mol. The number of hydrogen-bond donors (Lipinski definition) is 0. The van der Waals surface area contributed by atoms with Gasteiger partial charge in [-0.05, 0) is 12.0 Å². The molecule has 1 atom stereocenters. The standard InChI is InChI=1S/C13H16O4S/c14-13(12-6-7-17-8-12)10-18(15,16)9-11-4-2-1-3-5-11/h1-5,12H,6-10H2. The zero-order chi connectivity index (χ0) is 13.0. The summed E-state index contributed by atoms with van der Waals surface area (Å²) in [4.78, 5) is 11.8. The fourth-order valence-electron chi connectivity index (χ4n) is 2.00. The Morgan fingerprint density at radius 1 is 1.28 bits per heavy atom. The van der Waals surface area contributed by atoms with E-state index in [1.165, 1.54) is 0 Å². The Labute approximate surface area is 107 Å². The molecule has 18 heavy (non-hydrogen) atoms. The summed E-state index contributed by atoms with van der Waals surface area (Å²) in [6, 6.07) is 8.91. The van der Waals surface area contributed by atoms with Gasteiger partial charge in [-0.15, -0.1) is 0 Å². The van der Waals surface area contributed by atoms with Crippen LogP contribution >= 0.6 is 0 Å². The summed E-state index contributed by atoms with van der Waals surface area (Å²) in [5.41, 5.74) is 0.716. The molecule has 1 aliphatic heterocycles. The lowest BCUT2D eigenvalue weighted by Gasteiger charge is -2.07. The quantitative estimate of drug-likeness (QED) is 0.805. The van der Waals surface area contributed by atoms with Crippen molar-refractivity contribution in [3.63, 3.8) is 0 Å². The highest BCUT2D eigenvalue weighted by atomic mass is 32.2. The van der Waals surface area contributed by atoms with E-state index in [0.717, 1.165) is 0 Å². The first-order chi connectivity index (χ1) is 8.57. The van der Waals surface area contributed by atoms with Gasteiger partial charge in [0.1, 0.15) is 5.75 Å². The number of ketones is 1. The van der Waals surface area contributed by atoms with Crippen molar-refractivity contribution in [3.8, 4) is 0 Å². The molecule has 1 aromatic rings. The Hall–Kier alpha value is -1.20. The van der Waals surface area contributed by atoms with Crippen molar-refractivity contribution in [1.82, 2.24) is 0 Å². The molecule has 1 unspecified atom stereocenters. The van der Waals surface area contributed by atoms with E-state index >= 15 is 0 Å². The molecule has 1 aliphatic rings. The van der Waals surface area contributed by atoms with Crippen molar-refractivity contribution < 1.29 is 17.9 Å². The topological polar surface area (TPSA) is 60.4 Å². The van der Waals surface area contributed by atoms with Crippen molar-refractivity contribution in [2.45, 2.75) is 12.2 Å². The van der Waals surface area contributed by atoms with Gasteiger partial charge in [-0.3, -0.25) is 4.79 Å². The van der Waals surface area contributed by atoms with E-state index in [-0.39, 0.29) is 23.2 Å². The number of ether oxygens (including phenoxy) is 1. The number of carbonyl (C=O) groups excluding carboxylic acids is 1.